The van der Waals surface area contributed by atoms with E-state index in [9.17, 15) is 0 Å². The molecular formula is C12H13ClN2O. The molecule has 0 saturated heterocycles. The summed E-state index contributed by atoms with van der Waals surface area (Å²) in [5, 5.41) is 4.08. The van der Waals surface area contributed by atoms with E-state index in [0.717, 1.165) is 16.9 Å². The molecule has 1 aromatic carbocycles. The van der Waals surface area contributed by atoms with Crippen LogP contribution in [0.4, 0.5) is 0 Å². The summed E-state index contributed by atoms with van der Waals surface area (Å²) in [7, 11) is 1.89. The molecule has 0 bridgehead atoms. The molecule has 0 aliphatic carbocycles. The van der Waals surface area contributed by atoms with Gasteiger partial charge in [-0.15, -0.1) is 11.6 Å². The maximum Gasteiger partial charge on any atom is 0.119 e. The van der Waals surface area contributed by atoms with Crippen molar-refractivity contribution >= 4 is 11.6 Å². The van der Waals surface area contributed by atoms with Gasteiger partial charge in [0.1, 0.15) is 12.4 Å². The Morgan fingerprint density at radius 2 is 2.00 bits per heavy atom. The SMILES string of the molecule is Cn1cc(COc2ccc(CCl)cc2)cn1. The summed E-state index contributed by atoms with van der Waals surface area (Å²) in [6.45, 7) is 0.536. The topological polar surface area (TPSA) is 27.1 Å². The van der Waals surface area contributed by atoms with Crippen molar-refractivity contribution in [3.63, 3.8) is 0 Å². The molecule has 4 heteroatoms. The van der Waals surface area contributed by atoms with Gasteiger partial charge < -0.3 is 4.74 Å². The van der Waals surface area contributed by atoms with Crippen molar-refractivity contribution in [2.75, 3.05) is 0 Å². The van der Waals surface area contributed by atoms with Crippen LogP contribution in [0.15, 0.2) is 36.7 Å². The minimum atomic E-state index is 0.531. The highest BCUT2D eigenvalue weighted by Crippen LogP contribution is 2.14. The van der Waals surface area contributed by atoms with Gasteiger partial charge in [-0.25, -0.2) is 0 Å². The summed E-state index contributed by atoms with van der Waals surface area (Å²) in [4.78, 5) is 0. The number of hydrogen-bond acceptors (Lipinski definition) is 2. The van der Waals surface area contributed by atoms with Crippen molar-refractivity contribution in [1.82, 2.24) is 9.78 Å². The van der Waals surface area contributed by atoms with Crippen LogP contribution >= 0.6 is 11.6 Å². The first-order chi connectivity index (χ1) is 7.78. The third kappa shape index (κ3) is 2.76. The molecule has 0 fully saturated rings. The lowest BCUT2D eigenvalue weighted by Gasteiger charge is -2.04. The molecule has 16 heavy (non-hydrogen) atoms. The smallest absolute Gasteiger partial charge is 0.119 e. The second-order valence-electron chi connectivity index (χ2n) is 3.59. The predicted molar refractivity (Wildman–Crippen MR) is 63.5 cm³/mol. The predicted octanol–water partition coefficient (Wildman–Crippen LogP) is 2.74. The molecule has 0 amide bonds. The largest absolute Gasteiger partial charge is 0.489 e. The zero-order valence-electron chi connectivity index (χ0n) is 9.06. The molecule has 0 aliphatic heterocycles. The second kappa shape index (κ2) is 5.03. The molecular weight excluding hydrogens is 224 g/mol. The van der Waals surface area contributed by atoms with Crippen molar-refractivity contribution in [3.05, 3.63) is 47.8 Å². The summed E-state index contributed by atoms with van der Waals surface area (Å²) < 4.78 is 7.37. The Kier molecular flexibility index (Phi) is 3.47. The molecule has 0 radical (unpaired) electrons. The number of rotatable bonds is 4. The van der Waals surface area contributed by atoms with E-state index in [4.69, 9.17) is 16.3 Å². The first-order valence-corrected chi connectivity index (χ1v) is 5.56. The van der Waals surface area contributed by atoms with Gasteiger partial charge in [0, 0.05) is 24.7 Å². The third-order valence-corrected chi connectivity index (χ3v) is 2.55. The number of nitrogens with zero attached hydrogens (tertiary/aromatic N) is 2. The standard InChI is InChI=1S/C12H13ClN2O/c1-15-8-11(7-14-15)9-16-12-4-2-10(6-13)3-5-12/h2-5,7-8H,6,9H2,1H3. The fourth-order valence-corrected chi connectivity index (χ4v) is 1.57. The monoisotopic (exact) mass is 236 g/mol. The van der Waals surface area contributed by atoms with E-state index in [0.29, 0.717) is 12.5 Å². The van der Waals surface area contributed by atoms with E-state index in [2.05, 4.69) is 5.10 Å². The Morgan fingerprint density at radius 1 is 1.25 bits per heavy atom. The third-order valence-electron chi connectivity index (χ3n) is 2.24. The van der Waals surface area contributed by atoms with Gasteiger partial charge in [0.25, 0.3) is 0 Å². The quantitative estimate of drug-likeness (QED) is 0.764. The van der Waals surface area contributed by atoms with Crippen molar-refractivity contribution in [1.29, 1.82) is 0 Å². The lowest BCUT2D eigenvalue weighted by Crippen LogP contribution is -1.94. The average molecular weight is 237 g/mol. The average Bonchev–Trinajstić information content (AvgIpc) is 2.73. The fraction of sp³-hybridized carbons (Fsp3) is 0.250. The summed E-state index contributed by atoms with van der Waals surface area (Å²) in [5.74, 6) is 1.38. The Morgan fingerprint density at radius 3 is 2.56 bits per heavy atom. The van der Waals surface area contributed by atoms with Crippen LogP contribution in [-0.2, 0) is 19.5 Å². The van der Waals surface area contributed by atoms with E-state index >= 15 is 0 Å². The van der Waals surface area contributed by atoms with Gasteiger partial charge in [0.15, 0.2) is 0 Å². The molecule has 3 nitrogen and oxygen atoms in total. The summed E-state index contributed by atoms with van der Waals surface area (Å²) in [6, 6.07) is 7.78. The second-order valence-corrected chi connectivity index (χ2v) is 3.86. The minimum absolute atomic E-state index is 0.531. The van der Waals surface area contributed by atoms with Gasteiger partial charge in [-0.2, -0.15) is 5.10 Å². The van der Waals surface area contributed by atoms with E-state index in [1.54, 1.807) is 10.9 Å². The van der Waals surface area contributed by atoms with Gasteiger partial charge >= 0.3 is 0 Å². The molecule has 2 aromatic rings. The molecule has 0 saturated carbocycles. The van der Waals surface area contributed by atoms with Crippen LogP contribution in [0, 0.1) is 0 Å². The summed E-state index contributed by atoms with van der Waals surface area (Å²) >= 11 is 5.70. The molecule has 0 spiro atoms. The van der Waals surface area contributed by atoms with Gasteiger partial charge in [-0.05, 0) is 17.7 Å². The van der Waals surface area contributed by atoms with Crippen LogP contribution in [0.5, 0.6) is 5.75 Å². The first kappa shape index (κ1) is 11.0. The molecule has 0 N–H and O–H groups in total. The van der Waals surface area contributed by atoms with Gasteiger partial charge in [-0.1, -0.05) is 12.1 Å². The zero-order chi connectivity index (χ0) is 11.4. The zero-order valence-corrected chi connectivity index (χ0v) is 9.81. The number of alkyl halides is 1. The normalized spacial score (nSPS) is 10.4. The van der Waals surface area contributed by atoms with Gasteiger partial charge in [-0.3, -0.25) is 4.68 Å². The molecule has 1 heterocycles. The number of hydrogen-bond donors (Lipinski definition) is 0. The number of ether oxygens (including phenoxy) is 1. The van der Waals surface area contributed by atoms with Crippen molar-refractivity contribution in [3.8, 4) is 5.75 Å². The molecule has 0 unspecified atom stereocenters. The molecule has 0 aliphatic rings. The van der Waals surface area contributed by atoms with Crippen LogP contribution in [0.3, 0.4) is 0 Å². The molecule has 2 rings (SSSR count). The highest BCUT2D eigenvalue weighted by molar-refractivity contribution is 6.17. The number of benzene rings is 1. The van der Waals surface area contributed by atoms with Crippen molar-refractivity contribution in [2.24, 2.45) is 7.05 Å². The highest BCUT2D eigenvalue weighted by atomic mass is 35.5. The first-order valence-electron chi connectivity index (χ1n) is 5.03. The molecule has 0 atom stereocenters. The minimum Gasteiger partial charge on any atom is -0.489 e. The van der Waals surface area contributed by atoms with Crippen LogP contribution in [0.2, 0.25) is 0 Å². The highest BCUT2D eigenvalue weighted by Gasteiger charge is 1.98. The number of halogens is 1. The van der Waals surface area contributed by atoms with Crippen LogP contribution in [0.1, 0.15) is 11.1 Å². The van der Waals surface area contributed by atoms with Crippen molar-refractivity contribution in [2.45, 2.75) is 12.5 Å². The number of aromatic nitrogens is 2. The van der Waals surface area contributed by atoms with E-state index in [-0.39, 0.29) is 0 Å². The van der Waals surface area contributed by atoms with Crippen molar-refractivity contribution < 1.29 is 4.74 Å². The fourth-order valence-electron chi connectivity index (χ4n) is 1.39. The van der Waals surface area contributed by atoms with E-state index in [1.165, 1.54) is 0 Å². The Bertz CT molecular complexity index is 450. The maximum absolute atomic E-state index is 5.70. The van der Waals surface area contributed by atoms with Crippen LogP contribution in [0.25, 0.3) is 0 Å². The van der Waals surface area contributed by atoms with E-state index < -0.39 is 0 Å². The van der Waals surface area contributed by atoms with Gasteiger partial charge in [0.05, 0.1) is 6.20 Å². The molecule has 84 valence electrons. The lowest BCUT2D eigenvalue weighted by molar-refractivity contribution is 0.306. The van der Waals surface area contributed by atoms with E-state index in [1.807, 2.05) is 37.5 Å². The lowest BCUT2D eigenvalue weighted by atomic mass is 10.2. The Labute approximate surface area is 99.6 Å². The number of aryl methyl sites for hydroxylation is 1. The van der Waals surface area contributed by atoms with Gasteiger partial charge in [0.2, 0.25) is 0 Å². The molecule has 1 aromatic heterocycles. The van der Waals surface area contributed by atoms with Crippen LogP contribution < -0.4 is 4.74 Å². The van der Waals surface area contributed by atoms with Crippen LogP contribution in [-0.4, -0.2) is 9.78 Å². The Balaban J connectivity index is 1.94. The summed E-state index contributed by atoms with van der Waals surface area (Å²) in [6.07, 6.45) is 3.74. The Hall–Kier alpha value is -1.48. The maximum atomic E-state index is 5.70. The summed E-state index contributed by atoms with van der Waals surface area (Å²) in [5.41, 5.74) is 2.15.